The molecule has 0 aliphatic heterocycles. The fraction of sp³-hybridized carbons (Fsp3) is 0.188. The Kier molecular flexibility index (Phi) is 4.23. The van der Waals surface area contributed by atoms with Crippen LogP contribution in [0.15, 0.2) is 48.5 Å². The molecule has 0 saturated carbocycles. The zero-order chi connectivity index (χ0) is 13.8. The van der Waals surface area contributed by atoms with Crippen LogP contribution in [0.2, 0.25) is 5.02 Å². The molecule has 98 valence electrons. The van der Waals surface area contributed by atoms with Gasteiger partial charge in [0.1, 0.15) is 0 Å². The average molecular weight is 274 g/mol. The molecule has 0 N–H and O–H groups in total. The number of benzene rings is 2. The van der Waals surface area contributed by atoms with Crippen molar-refractivity contribution >= 4 is 17.5 Å². The molecule has 0 aromatic heterocycles. The monoisotopic (exact) mass is 273 g/mol. The molecule has 0 unspecified atom stereocenters. The molecule has 0 aliphatic carbocycles. The van der Waals surface area contributed by atoms with Crippen molar-refractivity contribution in [3.8, 4) is 11.1 Å². The van der Waals surface area contributed by atoms with E-state index in [1.807, 2.05) is 48.5 Å². The zero-order valence-corrected chi connectivity index (χ0v) is 11.8. The Hall–Kier alpha value is -1.80. The summed E-state index contributed by atoms with van der Waals surface area (Å²) >= 11 is 5.87. The molecule has 0 heterocycles. The maximum Gasteiger partial charge on any atom is 0.226 e. The van der Waals surface area contributed by atoms with E-state index in [0.29, 0.717) is 6.42 Å². The van der Waals surface area contributed by atoms with Crippen molar-refractivity contribution < 1.29 is 4.79 Å². The van der Waals surface area contributed by atoms with Gasteiger partial charge in [0.2, 0.25) is 5.91 Å². The number of halogens is 1. The smallest absolute Gasteiger partial charge is 0.226 e. The van der Waals surface area contributed by atoms with Gasteiger partial charge in [-0.05, 0) is 28.8 Å². The number of carbonyl (C=O) groups is 1. The second kappa shape index (κ2) is 5.89. The summed E-state index contributed by atoms with van der Waals surface area (Å²) in [5.41, 5.74) is 3.27. The minimum absolute atomic E-state index is 0.110. The summed E-state index contributed by atoms with van der Waals surface area (Å²) in [5, 5.41) is 0.733. The number of likely N-dealkylation sites (N-methyl/N-ethyl adjacent to an activating group) is 1. The number of carbonyl (C=O) groups excluding carboxylic acids is 1. The molecule has 0 atom stereocenters. The Balaban J connectivity index is 2.14. The van der Waals surface area contributed by atoms with Gasteiger partial charge in [-0.1, -0.05) is 48.0 Å². The first-order valence-corrected chi connectivity index (χ1v) is 6.49. The van der Waals surface area contributed by atoms with Crippen LogP contribution in [0.5, 0.6) is 0 Å². The van der Waals surface area contributed by atoms with Crippen LogP contribution in [0.3, 0.4) is 0 Å². The van der Waals surface area contributed by atoms with Gasteiger partial charge in [-0.3, -0.25) is 4.79 Å². The number of amides is 1. The summed E-state index contributed by atoms with van der Waals surface area (Å²) in [6, 6.07) is 15.8. The molecule has 0 spiro atoms. The summed E-state index contributed by atoms with van der Waals surface area (Å²) in [5.74, 6) is 0.110. The van der Waals surface area contributed by atoms with E-state index in [4.69, 9.17) is 11.6 Å². The Morgan fingerprint density at radius 3 is 1.89 bits per heavy atom. The first-order chi connectivity index (χ1) is 9.06. The topological polar surface area (TPSA) is 20.3 Å². The minimum atomic E-state index is 0.110. The minimum Gasteiger partial charge on any atom is -0.349 e. The lowest BCUT2D eigenvalue weighted by molar-refractivity contribution is -0.127. The highest BCUT2D eigenvalue weighted by atomic mass is 35.5. The normalized spacial score (nSPS) is 10.3. The van der Waals surface area contributed by atoms with Crippen LogP contribution >= 0.6 is 11.6 Å². The lowest BCUT2D eigenvalue weighted by Crippen LogP contribution is -2.23. The van der Waals surface area contributed by atoms with Crippen molar-refractivity contribution in [3.05, 3.63) is 59.1 Å². The van der Waals surface area contributed by atoms with E-state index in [2.05, 4.69) is 0 Å². The molecular weight excluding hydrogens is 258 g/mol. The molecule has 3 heteroatoms. The quantitative estimate of drug-likeness (QED) is 0.836. The standard InChI is InChI=1S/C16H16ClNO/c1-18(2)16(19)11-12-3-5-13(6-4-12)14-7-9-15(17)10-8-14/h3-10H,11H2,1-2H3. The average Bonchev–Trinajstić information content (AvgIpc) is 2.40. The second-order valence-electron chi connectivity index (χ2n) is 4.67. The molecule has 2 nitrogen and oxygen atoms in total. The molecule has 19 heavy (non-hydrogen) atoms. The molecule has 0 radical (unpaired) electrons. The van der Waals surface area contributed by atoms with Crippen LogP contribution in [-0.2, 0) is 11.2 Å². The van der Waals surface area contributed by atoms with E-state index in [-0.39, 0.29) is 5.91 Å². The van der Waals surface area contributed by atoms with Crippen molar-refractivity contribution in [3.63, 3.8) is 0 Å². The van der Waals surface area contributed by atoms with Gasteiger partial charge in [0.05, 0.1) is 6.42 Å². The molecule has 0 aliphatic rings. The molecule has 0 bridgehead atoms. The Morgan fingerprint density at radius 2 is 1.42 bits per heavy atom. The number of nitrogens with zero attached hydrogens (tertiary/aromatic N) is 1. The SMILES string of the molecule is CN(C)C(=O)Cc1ccc(-c2ccc(Cl)cc2)cc1. The van der Waals surface area contributed by atoms with Crippen LogP contribution in [0.4, 0.5) is 0 Å². The van der Waals surface area contributed by atoms with Gasteiger partial charge in [0, 0.05) is 19.1 Å². The van der Waals surface area contributed by atoms with Gasteiger partial charge in [-0.15, -0.1) is 0 Å². The molecule has 2 rings (SSSR count). The van der Waals surface area contributed by atoms with Crippen LogP contribution in [-0.4, -0.2) is 24.9 Å². The van der Waals surface area contributed by atoms with Crippen LogP contribution in [0.25, 0.3) is 11.1 Å². The predicted molar refractivity (Wildman–Crippen MR) is 79.3 cm³/mol. The van der Waals surface area contributed by atoms with E-state index in [1.165, 1.54) is 0 Å². The van der Waals surface area contributed by atoms with Crippen molar-refractivity contribution in [1.29, 1.82) is 0 Å². The highest BCUT2D eigenvalue weighted by Gasteiger charge is 2.05. The number of rotatable bonds is 3. The third-order valence-corrected chi connectivity index (χ3v) is 3.24. The lowest BCUT2D eigenvalue weighted by atomic mass is 10.0. The van der Waals surface area contributed by atoms with Crippen LogP contribution < -0.4 is 0 Å². The summed E-state index contributed by atoms with van der Waals surface area (Å²) < 4.78 is 0. The van der Waals surface area contributed by atoms with Crippen molar-refractivity contribution in [2.75, 3.05) is 14.1 Å². The van der Waals surface area contributed by atoms with Crippen molar-refractivity contribution in [1.82, 2.24) is 4.90 Å². The Bertz CT molecular complexity index is 558. The van der Waals surface area contributed by atoms with Gasteiger partial charge < -0.3 is 4.90 Å². The summed E-state index contributed by atoms with van der Waals surface area (Å²) in [6.07, 6.45) is 0.438. The third kappa shape index (κ3) is 3.58. The van der Waals surface area contributed by atoms with Gasteiger partial charge >= 0.3 is 0 Å². The fourth-order valence-electron chi connectivity index (χ4n) is 1.79. The molecule has 0 fully saturated rings. The van der Waals surface area contributed by atoms with E-state index in [0.717, 1.165) is 21.7 Å². The van der Waals surface area contributed by atoms with E-state index < -0.39 is 0 Å². The Morgan fingerprint density at radius 1 is 0.947 bits per heavy atom. The molecule has 2 aromatic carbocycles. The third-order valence-electron chi connectivity index (χ3n) is 2.99. The highest BCUT2D eigenvalue weighted by Crippen LogP contribution is 2.22. The summed E-state index contributed by atoms with van der Waals surface area (Å²) in [6.45, 7) is 0. The van der Waals surface area contributed by atoms with Gasteiger partial charge in [-0.25, -0.2) is 0 Å². The van der Waals surface area contributed by atoms with E-state index >= 15 is 0 Å². The predicted octanol–water partition coefficient (Wildman–Crippen LogP) is 3.64. The van der Waals surface area contributed by atoms with E-state index in [1.54, 1.807) is 19.0 Å². The van der Waals surface area contributed by atoms with Gasteiger partial charge in [0.15, 0.2) is 0 Å². The molecule has 0 saturated heterocycles. The maximum atomic E-state index is 11.6. The largest absolute Gasteiger partial charge is 0.349 e. The number of hydrogen-bond acceptors (Lipinski definition) is 1. The molecule has 1 amide bonds. The molecular formula is C16H16ClNO. The first-order valence-electron chi connectivity index (χ1n) is 6.11. The number of hydrogen-bond donors (Lipinski definition) is 0. The molecule has 2 aromatic rings. The summed E-state index contributed by atoms with van der Waals surface area (Å²) in [4.78, 5) is 13.2. The van der Waals surface area contributed by atoms with Crippen molar-refractivity contribution in [2.24, 2.45) is 0 Å². The first kappa shape index (κ1) is 13.6. The lowest BCUT2D eigenvalue weighted by Gasteiger charge is -2.10. The zero-order valence-electron chi connectivity index (χ0n) is 11.1. The van der Waals surface area contributed by atoms with Gasteiger partial charge in [0.25, 0.3) is 0 Å². The van der Waals surface area contributed by atoms with E-state index in [9.17, 15) is 4.79 Å². The highest BCUT2D eigenvalue weighted by molar-refractivity contribution is 6.30. The van der Waals surface area contributed by atoms with Crippen LogP contribution in [0, 0.1) is 0 Å². The van der Waals surface area contributed by atoms with Crippen molar-refractivity contribution in [2.45, 2.75) is 6.42 Å². The summed E-state index contributed by atoms with van der Waals surface area (Å²) in [7, 11) is 3.54. The van der Waals surface area contributed by atoms with Crippen LogP contribution in [0.1, 0.15) is 5.56 Å². The fourth-order valence-corrected chi connectivity index (χ4v) is 1.92. The second-order valence-corrected chi connectivity index (χ2v) is 5.11. The maximum absolute atomic E-state index is 11.6. The van der Waals surface area contributed by atoms with Gasteiger partial charge in [-0.2, -0.15) is 0 Å². The Labute approximate surface area is 118 Å².